The van der Waals surface area contributed by atoms with E-state index in [-0.39, 0.29) is 39.8 Å². The molecule has 0 unspecified atom stereocenters. The van der Waals surface area contributed by atoms with Gasteiger partial charge >= 0.3 is 35.8 Å². The standard InChI is InChI=1S/C21H12O10/c1-2-15(28-16(22)9-3-5-11-13(7-9)20(26)30-18(11)24)29-17(23)10-4-6-12-14(8-10)21(27)31-19(12)25/h3-8,15H,2H2,1H3. The van der Waals surface area contributed by atoms with Crippen molar-refractivity contribution >= 4 is 35.8 Å². The summed E-state index contributed by atoms with van der Waals surface area (Å²) >= 11 is 0. The topological polar surface area (TPSA) is 139 Å². The van der Waals surface area contributed by atoms with Gasteiger partial charge in [-0.1, -0.05) is 6.92 Å². The Morgan fingerprint density at radius 1 is 0.710 bits per heavy atom. The van der Waals surface area contributed by atoms with Crippen LogP contribution in [-0.4, -0.2) is 42.1 Å². The molecule has 2 aliphatic rings. The van der Waals surface area contributed by atoms with Gasteiger partial charge in [-0.05, 0) is 36.4 Å². The average Bonchev–Trinajstić information content (AvgIpc) is 3.21. The molecule has 0 N–H and O–H groups in total. The number of fused-ring (bicyclic) bond motifs is 2. The van der Waals surface area contributed by atoms with Crippen LogP contribution in [0.15, 0.2) is 36.4 Å². The number of hydrogen-bond donors (Lipinski definition) is 0. The van der Waals surface area contributed by atoms with E-state index in [1.165, 1.54) is 24.3 Å². The number of rotatable bonds is 5. The predicted octanol–water partition coefficient (Wildman–Crippen LogP) is 2.06. The second-order valence-electron chi connectivity index (χ2n) is 6.52. The molecule has 2 heterocycles. The van der Waals surface area contributed by atoms with Crippen molar-refractivity contribution in [2.75, 3.05) is 0 Å². The van der Waals surface area contributed by atoms with Crippen LogP contribution in [0.5, 0.6) is 0 Å². The van der Waals surface area contributed by atoms with Crippen LogP contribution in [-0.2, 0) is 18.9 Å². The van der Waals surface area contributed by atoms with E-state index in [9.17, 15) is 28.8 Å². The highest BCUT2D eigenvalue weighted by molar-refractivity contribution is 6.16. The summed E-state index contributed by atoms with van der Waals surface area (Å²) in [6.07, 6.45) is -1.17. The minimum absolute atomic E-state index is 0.0358. The first-order valence-corrected chi connectivity index (χ1v) is 9.01. The first-order valence-electron chi connectivity index (χ1n) is 9.01. The molecule has 2 aliphatic heterocycles. The summed E-state index contributed by atoms with van der Waals surface area (Å²) in [7, 11) is 0. The van der Waals surface area contributed by atoms with E-state index in [4.69, 9.17) is 9.47 Å². The third kappa shape index (κ3) is 3.54. The molecule has 10 nitrogen and oxygen atoms in total. The van der Waals surface area contributed by atoms with E-state index in [0.717, 1.165) is 12.1 Å². The highest BCUT2D eigenvalue weighted by Crippen LogP contribution is 2.23. The summed E-state index contributed by atoms with van der Waals surface area (Å²) in [5.41, 5.74) is -0.146. The molecule has 0 spiro atoms. The van der Waals surface area contributed by atoms with Crippen molar-refractivity contribution in [2.24, 2.45) is 0 Å². The Morgan fingerprint density at radius 3 is 1.48 bits per heavy atom. The van der Waals surface area contributed by atoms with Crippen molar-refractivity contribution in [1.82, 2.24) is 0 Å². The SMILES string of the molecule is CCC(OC(=O)c1ccc2c(c1)C(=O)OC2=O)OC(=O)c1ccc2c(c1)C(=O)OC2=O. The van der Waals surface area contributed by atoms with E-state index in [1.807, 2.05) is 0 Å². The summed E-state index contributed by atoms with van der Waals surface area (Å²) in [4.78, 5) is 71.0. The van der Waals surface area contributed by atoms with Gasteiger partial charge in [-0.15, -0.1) is 0 Å². The fraction of sp³-hybridized carbons (Fsp3) is 0.143. The highest BCUT2D eigenvalue weighted by Gasteiger charge is 2.32. The number of carbonyl (C=O) groups excluding carboxylic acids is 6. The Hall–Kier alpha value is -4.34. The average molecular weight is 424 g/mol. The van der Waals surface area contributed by atoms with Crippen LogP contribution in [0, 0.1) is 0 Å². The van der Waals surface area contributed by atoms with Gasteiger partial charge in [0.05, 0.1) is 33.4 Å². The number of carbonyl (C=O) groups is 6. The van der Waals surface area contributed by atoms with Crippen LogP contribution >= 0.6 is 0 Å². The van der Waals surface area contributed by atoms with Crippen molar-refractivity contribution in [3.05, 3.63) is 69.8 Å². The van der Waals surface area contributed by atoms with Crippen molar-refractivity contribution in [2.45, 2.75) is 19.6 Å². The van der Waals surface area contributed by atoms with Gasteiger partial charge in [-0.25, -0.2) is 28.8 Å². The molecule has 156 valence electrons. The number of ether oxygens (including phenoxy) is 4. The molecule has 0 amide bonds. The molecule has 0 saturated heterocycles. The lowest BCUT2D eigenvalue weighted by atomic mass is 10.1. The lowest BCUT2D eigenvalue weighted by Crippen LogP contribution is -2.24. The van der Waals surface area contributed by atoms with E-state index < -0.39 is 42.1 Å². The minimum Gasteiger partial charge on any atom is -0.422 e. The van der Waals surface area contributed by atoms with Crippen LogP contribution in [0.3, 0.4) is 0 Å². The summed E-state index contributed by atoms with van der Waals surface area (Å²) in [5, 5.41) is 0. The third-order valence-corrected chi connectivity index (χ3v) is 4.57. The van der Waals surface area contributed by atoms with Crippen LogP contribution in [0.25, 0.3) is 0 Å². The molecule has 0 radical (unpaired) electrons. The van der Waals surface area contributed by atoms with Gasteiger partial charge < -0.3 is 18.9 Å². The molecule has 2 aromatic rings. The summed E-state index contributed by atoms with van der Waals surface area (Å²) in [5.74, 6) is -5.14. The van der Waals surface area contributed by atoms with Crippen LogP contribution in [0.2, 0.25) is 0 Å². The molecule has 0 atom stereocenters. The smallest absolute Gasteiger partial charge is 0.346 e. The second kappa shape index (κ2) is 7.48. The first-order chi connectivity index (χ1) is 14.8. The molecular weight excluding hydrogens is 412 g/mol. The van der Waals surface area contributed by atoms with Crippen LogP contribution < -0.4 is 0 Å². The summed E-state index contributed by atoms with van der Waals surface area (Å²) in [6.45, 7) is 1.60. The maximum absolute atomic E-state index is 12.4. The third-order valence-electron chi connectivity index (χ3n) is 4.57. The summed E-state index contributed by atoms with van der Waals surface area (Å²) in [6, 6.07) is 7.39. The molecule has 0 fully saturated rings. The molecular formula is C21H12O10. The van der Waals surface area contributed by atoms with Gasteiger partial charge in [-0.2, -0.15) is 0 Å². The van der Waals surface area contributed by atoms with Gasteiger partial charge in [0.25, 0.3) is 0 Å². The van der Waals surface area contributed by atoms with Gasteiger partial charge in [0.1, 0.15) is 0 Å². The normalized spacial score (nSPS) is 14.1. The number of esters is 6. The Kier molecular flexibility index (Phi) is 4.82. The largest absolute Gasteiger partial charge is 0.422 e. The fourth-order valence-electron chi connectivity index (χ4n) is 2.99. The van der Waals surface area contributed by atoms with E-state index in [2.05, 4.69) is 9.47 Å². The number of cyclic esters (lactones) is 4. The van der Waals surface area contributed by atoms with E-state index in [0.29, 0.717) is 0 Å². The van der Waals surface area contributed by atoms with Gasteiger partial charge in [0.15, 0.2) is 0 Å². The highest BCUT2D eigenvalue weighted by atomic mass is 16.7. The predicted molar refractivity (Wildman–Crippen MR) is 97.3 cm³/mol. The Balaban J connectivity index is 1.47. The molecule has 0 bridgehead atoms. The lowest BCUT2D eigenvalue weighted by Gasteiger charge is -2.17. The van der Waals surface area contributed by atoms with Crippen molar-refractivity contribution in [3.8, 4) is 0 Å². The molecule has 4 rings (SSSR count). The second-order valence-corrected chi connectivity index (χ2v) is 6.52. The molecule has 2 aromatic carbocycles. The van der Waals surface area contributed by atoms with Crippen molar-refractivity contribution in [1.29, 1.82) is 0 Å². The van der Waals surface area contributed by atoms with Gasteiger partial charge in [0, 0.05) is 6.42 Å². The number of benzene rings is 2. The van der Waals surface area contributed by atoms with Crippen molar-refractivity contribution in [3.63, 3.8) is 0 Å². The van der Waals surface area contributed by atoms with E-state index in [1.54, 1.807) is 6.92 Å². The molecule has 0 saturated carbocycles. The molecule has 10 heteroatoms. The fourth-order valence-corrected chi connectivity index (χ4v) is 2.99. The van der Waals surface area contributed by atoms with E-state index >= 15 is 0 Å². The summed E-state index contributed by atoms with van der Waals surface area (Å²) < 4.78 is 19.3. The Bertz CT molecular complexity index is 1100. The first kappa shape index (κ1) is 20.0. The molecule has 0 aliphatic carbocycles. The maximum atomic E-state index is 12.4. The number of hydrogen-bond acceptors (Lipinski definition) is 10. The monoisotopic (exact) mass is 424 g/mol. The zero-order valence-electron chi connectivity index (χ0n) is 15.8. The molecule has 0 aromatic heterocycles. The zero-order valence-corrected chi connectivity index (χ0v) is 15.8. The quantitative estimate of drug-likeness (QED) is 0.303. The van der Waals surface area contributed by atoms with Gasteiger partial charge in [-0.3, -0.25) is 0 Å². The van der Waals surface area contributed by atoms with Crippen LogP contribution in [0.1, 0.15) is 75.5 Å². The maximum Gasteiger partial charge on any atom is 0.346 e. The van der Waals surface area contributed by atoms with Gasteiger partial charge in [0.2, 0.25) is 6.29 Å². The Labute approximate surface area is 173 Å². The van der Waals surface area contributed by atoms with Crippen molar-refractivity contribution < 1.29 is 47.7 Å². The van der Waals surface area contributed by atoms with Crippen LogP contribution in [0.4, 0.5) is 0 Å². The Morgan fingerprint density at radius 2 is 1.10 bits per heavy atom. The zero-order chi connectivity index (χ0) is 22.3. The molecule has 31 heavy (non-hydrogen) atoms. The lowest BCUT2D eigenvalue weighted by molar-refractivity contribution is -0.0806. The minimum atomic E-state index is -1.27.